The Bertz CT molecular complexity index is 1610. The van der Waals surface area contributed by atoms with Crippen molar-refractivity contribution in [2.75, 3.05) is 12.0 Å². The lowest BCUT2D eigenvalue weighted by atomic mass is 10.00. The van der Waals surface area contributed by atoms with Crippen LogP contribution in [0.2, 0.25) is 0 Å². The Kier molecular flexibility index (Phi) is 6.17. The van der Waals surface area contributed by atoms with Crippen LogP contribution in [0.5, 0.6) is 5.88 Å². The van der Waals surface area contributed by atoms with Gasteiger partial charge in [-0.1, -0.05) is 0 Å². The quantitative estimate of drug-likeness (QED) is 0.417. The molecule has 0 saturated carbocycles. The van der Waals surface area contributed by atoms with Crippen LogP contribution in [0.4, 0.5) is 14.5 Å². The molecule has 0 aliphatic carbocycles. The third-order valence-corrected chi connectivity index (χ3v) is 6.49. The van der Waals surface area contributed by atoms with Crippen LogP contribution in [-0.2, 0) is 16.6 Å². The molecule has 2 atom stereocenters. The number of hydrogen-bond acceptors (Lipinski definition) is 6. The summed E-state index contributed by atoms with van der Waals surface area (Å²) in [4.78, 5) is 42.8. The standard InChI is InChI=1S/C26H24F2N6O4/c1-26(27,28)25(37)31-19-12-23(36)33(24(19)15-8-9-29-21(11-15)38-3)17-4-6-20-16(10-17)13-30-34(20)18-5-7-22(35)32(2)14-18/h4-11,13-14,19,24H,12H2,1-3H3,(H,31,37)/t19-,24+/m1/s1. The Labute approximate surface area is 215 Å². The molecule has 5 rings (SSSR count). The number of nitrogens with one attached hydrogen (secondary N) is 1. The number of ether oxygens (including phenoxy) is 1. The number of halogens is 2. The number of fused-ring (bicyclic) bond motifs is 1. The average Bonchev–Trinajstić information content (AvgIpc) is 3.45. The SMILES string of the molecule is COc1cc([C@H]2[C@H](NC(=O)C(C)(F)F)CC(=O)N2c2ccc3c(cnn3-c3ccc(=O)n(C)c3)c2)ccn1. The number of carbonyl (C=O) groups excluding carboxylic acids is 2. The van der Waals surface area contributed by atoms with E-state index in [2.05, 4.69) is 15.4 Å². The summed E-state index contributed by atoms with van der Waals surface area (Å²) >= 11 is 0. The van der Waals surface area contributed by atoms with Crippen LogP contribution in [0.25, 0.3) is 16.6 Å². The molecule has 3 aromatic heterocycles. The fourth-order valence-electron chi connectivity index (χ4n) is 4.65. The third-order valence-electron chi connectivity index (χ3n) is 6.49. The molecule has 0 bridgehead atoms. The van der Waals surface area contributed by atoms with Gasteiger partial charge in [0.05, 0.1) is 36.6 Å². The van der Waals surface area contributed by atoms with Gasteiger partial charge < -0.3 is 19.5 Å². The van der Waals surface area contributed by atoms with Crippen LogP contribution >= 0.6 is 0 Å². The van der Waals surface area contributed by atoms with Crippen LogP contribution in [-0.4, -0.2) is 50.2 Å². The van der Waals surface area contributed by atoms with Gasteiger partial charge in [-0.2, -0.15) is 13.9 Å². The molecule has 0 spiro atoms. The summed E-state index contributed by atoms with van der Waals surface area (Å²) in [5, 5.41) is 7.50. The zero-order valence-electron chi connectivity index (χ0n) is 20.8. The number of aryl methyl sites for hydroxylation is 1. The van der Waals surface area contributed by atoms with Crippen molar-refractivity contribution in [2.24, 2.45) is 7.05 Å². The minimum absolute atomic E-state index is 0.152. The molecule has 38 heavy (non-hydrogen) atoms. The van der Waals surface area contributed by atoms with Crippen molar-refractivity contribution >= 4 is 28.4 Å². The van der Waals surface area contributed by atoms with Crippen molar-refractivity contribution in [3.8, 4) is 11.6 Å². The number of hydrogen-bond donors (Lipinski definition) is 1. The van der Waals surface area contributed by atoms with E-state index < -0.39 is 23.9 Å². The second-order valence-electron chi connectivity index (χ2n) is 9.15. The summed E-state index contributed by atoms with van der Waals surface area (Å²) in [6.45, 7) is 0.511. The fraction of sp³-hybridized carbons (Fsp3) is 0.269. The average molecular weight is 523 g/mol. The number of benzene rings is 1. The van der Waals surface area contributed by atoms with E-state index in [-0.39, 0.29) is 23.8 Å². The van der Waals surface area contributed by atoms with Crippen molar-refractivity contribution in [1.29, 1.82) is 0 Å². The number of nitrogens with zero attached hydrogens (tertiary/aromatic N) is 5. The highest BCUT2D eigenvalue weighted by Crippen LogP contribution is 2.39. The highest BCUT2D eigenvalue weighted by Gasteiger charge is 2.45. The zero-order valence-corrected chi connectivity index (χ0v) is 20.8. The molecule has 10 nitrogen and oxygen atoms in total. The smallest absolute Gasteiger partial charge is 0.321 e. The van der Waals surface area contributed by atoms with E-state index in [0.717, 1.165) is 5.52 Å². The molecule has 1 aliphatic rings. The van der Waals surface area contributed by atoms with E-state index in [0.29, 0.717) is 29.2 Å². The normalized spacial score (nSPS) is 17.7. The lowest BCUT2D eigenvalue weighted by molar-refractivity contribution is -0.143. The first-order valence-corrected chi connectivity index (χ1v) is 11.7. The predicted molar refractivity (Wildman–Crippen MR) is 134 cm³/mol. The molecular formula is C26H24F2N6O4. The molecular weight excluding hydrogens is 498 g/mol. The molecule has 0 unspecified atom stereocenters. The van der Waals surface area contributed by atoms with E-state index >= 15 is 0 Å². The first kappa shape index (κ1) is 25.1. The highest BCUT2D eigenvalue weighted by molar-refractivity contribution is 6.00. The molecule has 12 heteroatoms. The van der Waals surface area contributed by atoms with Crippen molar-refractivity contribution < 1.29 is 23.1 Å². The molecule has 1 aliphatic heterocycles. The zero-order chi connectivity index (χ0) is 27.2. The number of amides is 2. The number of carbonyl (C=O) groups is 2. The Morgan fingerprint density at radius 2 is 1.89 bits per heavy atom. The number of aromatic nitrogens is 4. The Balaban J connectivity index is 1.57. The van der Waals surface area contributed by atoms with Crippen LogP contribution in [0, 0.1) is 0 Å². The minimum Gasteiger partial charge on any atom is -0.481 e. The van der Waals surface area contributed by atoms with Gasteiger partial charge in [-0.3, -0.25) is 14.4 Å². The van der Waals surface area contributed by atoms with Crippen LogP contribution in [0.1, 0.15) is 24.9 Å². The summed E-state index contributed by atoms with van der Waals surface area (Å²) < 4.78 is 35.8. The van der Waals surface area contributed by atoms with Crippen molar-refractivity contribution in [1.82, 2.24) is 24.6 Å². The Morgan fingerprint density at radius 3 is 2.61 bits per heavy atom. The first-order chi connectivity index (χ1) is 18.1. The molecule has 4 heterocycles. The van der Waals surface area contributed by atoms with E-state index in [1.54, 1.807) is 60.5 Å². The summed E-state index contributed by atoms with van der Waals surface area (Å²) in [5.41, 5.74) is 2.33. The molecule has 4 aromatic rings. The summed E-state index contributed by atoms with van der Waals surface area (Å²) in [5.74, 6) is -5.13. The number of anilines is 1. The van der Waals surface area contributed by atoms with Gasteiger partial charge in [-0.25, -0.2) is 9.67 Å². The predicted octanol–water partition coefficient (Wildman–Crippen LogP) is 2.75. The largest absolute Gasteiger partial charge is 0.481 e. The Hall–Kier alpha value is -4.61. The van der Waals surface area contributed by atoms with Gasteiger partial charge >= 0.3 is 5.92 Å². The van der Waals surface area contributed by atoms with Crippen LogP contribution in [0.15, 0.2) is 65.8 Å². The van der Waals surface area contributed by atoms with E-state index in [1.165, 1.54) is 28.8 Å². The van der Waals surface area contributed by atoms with Gasteiger partial charge in [0, 0.05) is 56.0 Å². The highest BCUT2D eigenvalue weighted by atomic mass is 19.3. The number of methoxy groups -OCH3 is 1. The maximum atomic E-state index is 13.7. The first-order valence-electron chi connectivity index (χ1n) is 11.7. The van der Waals surface area contributed by atoms with Crippen molar-refractivity contribution in [2.45, 2.75) is 31.4 Å². The number of alkyl halides is 2. The summed E-state index contributed by atoms with van der Waals surface area (Å²) in [6.07, 6.45) is 4.61. The molecule has 1 fully saturated rings. The van der Waals surface area contributed by atoms with E-state index in [1.807, 2.05) is 0 Å². The monoisotopic (exact) mass is 522 g/mol. The van der Waals surface area contributed by atoms with Gasteiger partial charge in [0.15, 0.2) is 0 Å². The Morgan fingerprint density at radius 1 is 1.13 bits per heavy atom. The summed E-state index contributed by atoms with van der Waals surface area (Å²) in [7, 11) is 3.09. The maximum absolute atomic E-state index is 13.7. The lowest BCUT2D eigenvalue weighted by Crippen LogP contribution is -2.46. The van der Waals surface area contributed by atoms with E-state index in [9.17, 15) is 23.2 Å². The molecule has 1 saturated heterocycles. The van der Waals surface area contributed by atoms with Crippen LogP contribution < -0.4 is 20.5 Å². The number of pyridine rings is 2. The van der Waals surface area contributed by atoms with Gasteiger partial charge in [-0.15, -0.1) is 0 Å². The van der Waals surface area contributed by atoms with E-state index in [4.69, 9.17) is 4.74 Å². The minimum atomic E-state index is -3.61. The topological polar surface area (TPSA) is 111 Å². The second kappa shape index (κ2) is 9.36. The van der Waals surface area contributed by atoms with Gasteiger partial charge in [0.2, 0.25) is 17.3 Å². The number of rotatable bonds is 6. The maximum Gasteiger partial charge on any atom is 0.321 e. The summed E-state index contributed by atoms with van der Waals surface area (Å²) in [6, 6.07) is 9.94. The molecule has 0 radical (unpaired) electrons. The van der Waals surface area contributed by atoms with Crippen molar-refractivity contribution in [3.63, 3.8) is 0 Å². The lowest BCUT2D eigenvalue weighted by Gasteiger charge is -2.29. The third kappa shape index (κ3) is 4.49. The molecule has 2 amide bonds. The fourth-order valence-corrected chi connectivity index (χ4v) is 4.65. The van der Waals surface area contributed by atoms with Gasteiger partial charge in [0.1, 0.15) is 0 Å². The molecule has 1 aromatic carbocycles. The van der Waals surface area contributed by atoms with Crippen molar-refractivity contribution in [3.05, 3.63) is 77.0 Å². The van der Waals surface area contributed by atoms with Gasteiger partial charge in [0.25, 0.3) is 5.91 Å². The second-order valence-corrected chi connectivity index (χ2v) is 9.15. The van der Waals surface area contributed by atoms with Crippen LogP contribution in [0.3, 0.4) is 0 Å². The molecule has 1 N–H and O–H groups in total. The molecule has 196 valence electrons. The van der Waals surface area contributed by atoms with Gasteiger partial charge in [-0.05, 0) is 35.9 Å².